The molecule has 6 fully saturated rings. The van der Waals surface area contributed by atoms with Gasteiger partial charge in [-0.15, -0.1) is 0 Å². The zero-order valence-corrected chi connectivity index (χ0v) is 46.2. The Labute approximate surface area is 466 Å². The summed E-state index contributed by atoms with van der Waals surface area (Å²) in [5, 5.41) is 18.8. The van der Waals surface area contributed by atoms with Crippen molar-refractivity contribution >= 4 is 49.0 Å². The fourth-order valence-corrected chi connectivity index (χ4v) is 13.2. The summed E-state index contributed by atoms with van der Waals surface area (Å²) >= 11 is 0. The molecule has 6 saturated heterocycles. The second-order valence-corrected chi connectivity index (χ2v) is 24.8. The highest BCUT2D eigenvalue weighted by Crippen LogP contribution is 2.39. The van der Waals surface area contributed by atoms with Gasteiger partial charge in [0, 0.05) is 145 Å². The number of nitrogen functional groups attached to an aromatic ring is 1. The zero-order valence-electron chi connectivity index (χ0n) is 44.6. The Kier molecular flexibility index (Phi) is 15.0. The molecule has 2 N–H and O–H groups in total. The quantitative estimate of drug-likeness (QED) is 0.0757. The maximum Gasteiger partial charge on any atom is 0.213 e. The first kappa shape index (κ1) is 52.8. The number of hydrogen-bond acceptors (Lipinski definition) is 19. The fraction of sp³-hybridized carbons (Fsp3) is 0.386. The summed E-state index contributed by atoms with van der Waals surface area (Å²) in [5.41, 5.74) is 14.3. The van der Waals surface area contributed by atoms with Crippen molar-refractivity contribution < 1.29 is 31.6 Å². The van der Waals surface area contributed by atoms with Crippen LogP contribution in [0.2, 0.25) is 0 Å². The molecule has 8 aromatic rings. The zero-order chi connectivity index (χ0) is 54.9. The predicted octanol–water partition coefficient (Wildman–Crippen LogP) is 5.69. The van der Waals surface area contributed by atoms with E-state index in [1.165, 1.54) is 11.8 Å². The van der Waals surface area contributed by atoms with Gasteiger partial charge in [0.1, 0.15) is 35.8 Å². The van der Waals surface area contributed by atoms with Gasteiger partial charge in [-0.25, -0.2) is 37.4 Å². The fourth-order valence-electron chi connectivity index (χ4n) is 11.6. The minimum atomic E-state index is -3.45. The average Bonchev–Trinajstić information content (AvgIpc) is 4.19. The highest BCUT2D eigenvalue weighted by molar-refractivity contribution is 7.91. The molecule has 0 saturated carbocycles. The van der Waals surface area contributed by atoms with Crippen LogP contribution in [0.4, 0.5) is 17.3 Å². The number of nitrogens with zero attached hydrogens (tertiary/aromatic N) is 13. The van der Waals surface area contributed by atoms with Crippen LogP contribution < -0.4 is 34.5 Å². The second-order valence-electron chi connectivity index (χ2n) is 21.0. The van der Waals surface area contributed by atoms with E-state index in [9.17, 15) is 17.9 Å². The summed E-state index contributed by atoms with van der Waals surface area (Å²) in [5.74, 6) is 4.31. The van der Waals surface area contributed by atoms with Crippen molar-refractivity contribution in [3.63, 3.8) is 0 Å². The first-order valence-corrected chi connectivity index (χ1v) is 30.4. The lowest BCUT2D eigenvalue weighted by atomic mass is 9.87. The van der Waals surface area contributed by atoms with Crippen LogP contribution in [0.3, 0.4) is 0 Å². The van der Waals surface area contributed by atoms with Gasteiger partial charge in [0.05, 0.1) is 78.9 Å². The molecule has 0 radical (unpaired) electrons. The number of nitriles is 1. The molecule has 14 rings (SSSR count). The Morgan fingerprint density at radius 3 is 1.73 bits per heavy atom. The van der Waals surface area contributed by atoms with Gasteiger partial charge in [0.25, 0.3) is 0 Å². The Morgan fingerprint density at radius 1 is 0.650 bits per heavy atom. The lowest BCUT2D eigenvalue weighted by Crippen LogP contribution is -2.68. The number of nitrogens with two attached hydrogens (primary N) is 1. The van der Waals surface area contributed by atoms with Crippen molar-refractivity contribution in [3.05, 3.63) is 127 Å². The van der Waals surface area contributed by atoms with E-state index >= 15 is 0 Å². The van der Waals surface area contributed by atoms with Crippen molar-refractivity contribution in [2.75, 3.05) is 92.2 Å². The number of methoxy groups -OCH3 is 1. The molecule has 0 aliphatic carbocycles. The summed E-state index contributed by atoms with van der Waals surface area (Å²) in [6.07, 6.45) is 19.0. The van der Waals surface area contributed by atoms with Crippen molar-refractivity contribution in [2.45, 2.75) is 62.9 Å². The van der Waals surface area contributed by atoms with E-state index in [0.29, 0.717) is 83.0 Å². The number of anilines is 3. The van der Waals surface area contributed by atoms with E-state index in [4.69, 9.17) is 34.6 Å². The third-order valence-corrected chi connectivity index (χ3v) is 18.2. The van der Waals surface area contributed by atoms with Gasteiger partial charge in [-0.2, -0.15) is 15.5 Å². The van der Waals surface area contributed by atoms with Gasteiger partial charge < -0.3 is 34.5 Å². The largest absolute Gasteiger partial charge is 0.492 e. The Bertz CT molecular complexity index is 3670. The summed E-state index contributed by atoms with van der Waals surface area (Å²) in [7, 11) is -2.70. The number of piperazine rings is 2. The van der Waals surface area contributed by atoms with Gasteiger partial charge >= 0.3 is 0 Å². The maximum atomic E-state index is 13.1. The van der Waals surface area contributed by atoms with Crippen molar-refractivity contribution in [1.82, 2.24) is 49.0 Å². The molecule has 23 heteroatoms. The summed E-state index contributed by atoms with van der Waals surface area (Å²) in [4.78, 5) is 28.4. The number of hydrogen-bond donors (Lipinski definition) is 1. The molecule has 5 atom stereocenters. The van der Waals surface area contributed by atoms with Crippen LogP contribution in [0.15, 0.2) is 110 Å². The van der Waals surface area contributed by atoms with Crippen LogP contribution in [0.1, 0.15) is 42.4 Å². The van der Waals surface area contributed by atoms with E-state index in [1.807, 2.05) is 61.2 Å². The molecule has 21 nitrogen and oxygen atoms in total. The molecular formula is C57H62N14O7S2. The molecule has 0 spiro atoms. The second kappa shape index (κ2) is 22.7. The lowest BCUT2D eigenvalue weighted by Gasteiger charge is -2.56. The topological polar surface area (TPSA) is 237 Å². The van der Waals surface area contributed by atoms with Crippen LogP contribution in [0, 0.1) is 11.3 Å². The molecule has 6 aliphatic heterocycles. The Hall–Kier alpha value is -7.91. The average molecular weight is 1120 g/mol. The highest BCUT2D eigenvalue weighted by Gasteiger charge is 2.46. The van der Waals surface area contributed by atoms with Gasteiger partial charge in [-0.05, 0) is 73.2 Å². The highest BCUT2D eigenvalue weighted by atomic mass is 32.2. The number of pyridine rings is 6. The molecular weight excluding hydrogens is 1060 g/mol. The molecule has 414 valence electrons. The number of rotatable bonds is 23. The third-order valence-electron chi connectivity index (χ3n) is 15.7. The molecule has 8 aromatic heterocycles. The standard InChI is InChI=1S/C57H62N14O7S2/c1-75-54-11-5-38(24-62-54)30-68-43-19-44(68)33-66(32-43)52-9-7-40(26-60-52)49-21-47(36-70-56(49)42(23-58)28-64-70)77-14-4-17-80(73,74)18-15-78-55-12-6-39(25-63-55)31-69-45-20-46(69)35-67(34-45)53-10-8-41(27-61-53)50-22-48(76-13-3-16-79(2)72)37-71-57(50)51(59)29-65-71/h5-12,21-22,24-29,36-37,43-46H,3-4,13-20,30-35,59H2,1-2H3. The van der Waals surface area contributed by atoms with E-state index in [-0.39, 0.29) is 31.1 Å². The maximum absolute atomic E-state index is 13.1. The molecule has 14 heterocycles. The molecule has 5 unspecified atom stereocenters. The van der Waals surface area contributed by atoms with Crippen LogP contribution >= 0.6 is 0 Å². The van der Waals surface area contributed by atoms with Gasteiger partial charge in [0.2, 0.25) is 11.8 Å². The summed E-state index contributed by atoms with van der Waals surface area (Å²) in [6.45, 7) is 5.68. The normalized spacial score (nSPS) is 19.3. The van der Waals surface area contributed by atoms with Crippen LogP contribution in [-0.4, -0.2) is 162 Å². The first-order chi connectivity index (χ1) is 38.9. The minimum absolute atomic E-state index is 0.0170. The predicted molar refractivity (Wildman–Crippen MR) is 304 cm³/mol. The van der Waals surface area contributed by atoms with Crippen LogP contribution in [0.25, 0.3) is 33.3 Å². The van der Waals surface area contributed by atoms with Gasteiger partial charge in [-0.1, -0.05) is 12.1 Å². The van der Waals surface area contributed by atoms with Gasteiger partial charge in [0.15, 0.2) is 9.84 Å². The first-order valence-electron chi connectivity index (χ1n) is 26.9. The Morgan fingerprint density at radius 2 is 1.20 bits per heavy atom. The number of aromatic nitrogens is 8. The van der Waals surface area contributed by atoms with Crippen molar-refractivity contribution in [1.29, 1.82) is 5.26 Å². The SMILES string of the molecule is COc1ccc(CN2C3CC2CN(c2ccc(-c4cc(OCCCS(=O)(=O)CCOc5ccc(CN6C7CC6CN(c6ccc(-c8cc(OCCCS(C)=O)cn9ncc(N)c89)cn6)C7)cn5)cn5ncc(C#N)c45)cn2)C3)cn1. The van der Waals surface area contributed by atoms with E-state index in [2.05, 4.69) is 64.0 Å². The number of sulfone groups is 1. The monoisotopic (exact) mass is 1120 g/mol. The Balaban J connectivity index is 0.586. The summed E-state index contributed by atoms with van der Waals surface area (Å²) < 4.78 is 64.2. The number of fused-ring (bicyclic) bond motifs is 6. The van der Waals surface area contributed by atoms with Gasteiger partial charge in [-0.3, -0.25) is 14.0 Å². The van der Waals surface area contributed by atoms with Crippen molar-refractivity contribution in [3.8, 4) is 51.6 Å². The summed E-state index contributed by atoms with van der Waals surface area (Å²) in [6, 6.07) is 23.6. The molecule has 6 aliphatic rings. The van der Waals surface area contributed by atoms with Crippen LogP contribution in [0.5, 0.6) is 23.3 Å². The lowest BCUT2D eigenvalue weighted by molar-refractivity contribution is -0.00879. The van der Waals surface area contributed by atoms with Crippen molar-refractivity contribution in [2.24, 2.45) is 0 Å². The van der Waals surface area contributed by atoms with E-state index in [0.717, 1.165) is 97.1 Å². The molecule has 80 heavy (non-hydrogen) atoms. The smallest absolute Gasteiger partial charge is 0.213 e. The van der Waals surface area contributed by atoms with Crippen LogP contribution in [-0.2, 0) is 33.7 Å². The number of piperidine rings is 2. The molecule has 0 amide bonds. The molecule has 4 bridgehead atoms. The van der Waals surface area contributed by atoms with E-state index < -0.39 is 20.6 Å². The number of ether oxygens (including phenoxy) is 4. The van der Waals surface area contributed by atoms with E-state index in [1.54, 1.807) is 47.1 Å². The molecule has 0 aromatic carbocycles. The third kappa shape index (κ3) is 11.3. The minimum Gasteiger partial charge on any atom is -0.492 e.